The fourth-order valence-electron chi connectivity index (χ4n) is 4.94. The van der Waals surface area contributed by atoms with Crippen molar-refractivity contribution in [3.05, 3.63) is 107 Å². The number of nitrogens with zero attached hydrogens (tertiary/aromatic N) is 1. The summed E-state index contributed by atoms with van der Waals surface area (Å²) < 4.78 is 2.30. The topological polar surface area (TPSA) is 97.4 Å². The second-order valence-corrected chi connectivity index (χ2v) is 10.6. The third kappa shape index (κ3) is 6.35. The van der Waals surface area contributed by atoms with Crippen LogP contribution in [0.5, 0.6) is 0 Å². The van der Waals surface area contributed by atoms with Gasteiger partial charge in [0.25, 0.3) is 0 Å². The molecule has 0 spiro atoms. The van der Waals surface area contributed by atoms with Crippen molar-refractivity contribution in [3.8, 4) is 21.7 Å². The van der Waals surface area contributed by atoms with Gasteiger partial charge in [0.2, 0.25) is 11.7 Å². The molecule has 40 heavy (non-hydrogen) atoms. The number of thiophene rings is 1. The maximum atomic E-state index is 13.8. The largest absolute Gasteiger partial charge is 0.340 e. The first-order valence-electron chi connectivity index (χ1n) is 13.1. The van der Waals surface area contributed by atoms with E-state index in [1.54, 1.807) is 11.5 Å². The Morgan fingerprint density at radius 1 is 0.850 bits per heavy atom. The molecule has 0 aliphatic heterocycles. The minimum absolute atomic E-state index is 0. The van der Waals surface area contributed by atoms with Gasteiger partial charge in [0.1, 0.15) is 0 Å². The van der Waals surface area contributed by atoms with E-state index in [1.165, 1.54) is 11.3 Å². The lowest BCUT2D eigenvalue weighted by molar-refractivity contribution is -0.128. The average molecular weight is 574 g/mol. The number of fused-ring (bicyclic) bond motifs is 1. The Bertz CT molecular complexity index is 1600. The summed E-state index contributed by atoms with van der Waals surface area (Å²) in [6.07, 6.45) is 3.02. The van der Waals surface area contributed by atoms with Gasteiger partial charge in [-0.1, -0.05) is 79.2 Å². The standard InChI is InChI=1S/C32H31N3O3S.ClH/c33-16-8-3-9-17-35-27(22-10-4-1-5-11-22)18-24-14-15-25(19-28(24)35)31(37)29-20-26(21-30(36)34-38)32(39-29)23-12-6-2-7-13-23;/h1-2,4-7,10-15,18-20,38H,3,8-9,16-17,21,33H2,(H,34,36);1H. The van der Waals surface area contributed by atoms with Crippen molar-refractivity contribution in [2.75, 3.05) is 6.54 Å². The molecule has 0 saturated heterocycles. The van der Waals surface area contributed by atoms with Crippen LogP contribution in [0.25, 0.3) is 32.6 Å². The Morgan fingerprint density at radius 2 is 1.55 bits per heavy atom. The van der Waals surface area contributed by atoms with Gasteiger partial charge in [-0.25, -0.2) is 5.48 Å². The lowest BCUT2D eigenvalue weighted by Crippen LogP contribution is -2.20. The Morgan fingerprint density at radius 3 is 2.23 bits per heavy atom. The van der Waals surface area contributed by atoms with Crippen LogP contribution in [0.1, 0.15) is 40.1 Å². The van der Waals surface area contributed by atoms with Crippen LogP contribution in [0.2, 0.25) is 0 Å². The molecule has 206 valence electrons. The van der Waals surface area contributed by atoms with Crippen LogP contribution in [-0.4, -0.2) is 28.0 Å². The first kappa shape index (κ1) is 29.2. The number of carbonyl (C=O) groups excluding carboxylic acids is 2. The Labute approximate surface area is 243 Å². The maximum absolute atomic E-state index is 13.8. The van der Waals surface area contributed by atoms with Crippen LogP contribution in [0.4, 0.5) is 0 Å². The van der Waals surface area contributed by atoms with Crippen molar-refractivity contribution < 1.29 is 14.8 Å². The molecule has 0 saturated carbocycles. The van der Waals surface area contributed by atoms with E-state index in [0.29, 0.717) is 22.5 Å². The molecule has 0 radical (unpaired) electrons. The second-order valence-electron chi connectivity index (χ2n) is 9.54. The van der Waals surface area contributed by atoms with Gasteiger partial charge in [-0.15, -0.1) is 23.7 Å². The Kier molecular flexibility index (Phi) is 9.90. The van der Waals surface area contributed by atoms with E-state index < -0.39 is 5.91 Å². The Hall–Kier alpha value is -3.75. The first-order valence-corrected chi connectivity index (χ1v) is 13.9. The molecule has 0 fully saturated rings. The van der Waals surface area contributed by atoms with Crippen molar-refractivity contribution in [3.63, 3.8) is 0 Å². The number of aromatic nitrogens is 1. The number of rotatable bonds is 11. The summed E-state index contributed by atoms with van der Waals surface area (Å²) in [6.45, 7) is 1.52. The second kappa shape index (κ2) is 13.5. The summed E-state index contributed by atoms with van der Waals surface area (Å²) in [7, 11) is 0. The molecule has 2 heterocycles. The molecule has 5 aromatic rings. The van der Waals surface area contributed by atoms with Gasteiger partial charge in [-0.3, -0.25) is 14.8 Å². The van der Waals surface area contributed by atoms with E-state index in [-0.39, 0.29) is 24.6 Å². The number of hydrogen-bond acceptors (Lipinski definition) is 5. The number of aryl methyl sites for hydroxylation is 1. The number of amides is 1. The van der Waals surface area contributed by atoms with Gasteiger partial charge in [0, 0.05) is 33.6 Å². The van der Waals surface area contributed by atoms with E-state index in [2.05, 4.69) is 22.8 Å². The third-order valence-electron chi connectivity index (χ3n) is 6.87. The molecule has 3 aromatic carbocycles. The smallest absolute Gasteiger partial charge is 0.247 e. The highest BCUT2D eigenvalue weighted by Gasteiger charge is 2.20. The molecular weight excluding hydrogens is 542 g/mol. The van der Waals surface area contributed by atoms with Gasteiger partial charge < -0.3 is 10.3 Å². The van der Waals surface area contributed by atoms with E-state index >= 15 is 0 Å². The molecule has 0 bridgehead atoms. The monoisotopic (exact) mass is 573 g/mol. The highest BCUT2D eigenvalue weighted by Crippen LogP contribution is 2.35. The molecule has 0 aliphatic carbocycles. The number of nitrogens with one attached hydrogen (secondary N) is 1. The highest BCUT2D eigenvalue weighted by atomic mass is 35.5. The van der Waals surface area contributed by atoms with Crippen LogP contribution < -0.4 is 11.2 Å². The first-order chi connectivity index (χ1) is 19.1. The van der Waals surface area contributed by atoms with Gasteiger partial charge in [0.05, 0.1) is 11.3 Å². The number of hydrogen-bond donors (Lipinski definition) is 3. The van der Waals surface area contributed by atoms with Crippen molar-refractivity contribution in [1.82, 2.24) is 10.0 Å². The fraction of sp³-hybridized carbons (Fsp3) is 0.188. The number of hydroxylamine groups is 1. The van der Waals surface area contributed by atoms with Crippen molar-refractivity contribution in [2.24, 2.45) is 5.73 Å². The molecule has 8 heteroatoms. The zero-order valence-corrected chi connectivity index (χ0v) is 23.6. The van der Waals surface area contributed by atoms with E-state index in [0.717, 1.165) is 58.4 Å². The summed E-state index contributed by atoms with van der Waals surface area (Å²) in [5, 5.41) is 10.2. The summed E-state index contributed by atoms with van der Waals surface area (Å²) >= 11 is 1.37. The van der Waals surface area contributed by atoms with E-state index in [9.17, 15) is 9.59 Å². The van der Waals surface area contributed by atoms with Crippen LogP contribution >= 0.6 is 23.7 Å². The van der Waals surface area contributed by atoms with Gasteiger partial charge in [-0.05, 0) is 54.3 Å². The van der Waals surface area contributed by atoms with Gasteiger partial charge in [-0.2, -0.15) is 0 Å². The highest BCUT2D eigenvalue weighted by molar-refractivity contribution is 7.17. The molecule has 6 nitrogen and oxygen atoms in total. The minimum Gasteiger partial charge on any atom is -0.340 e. The number of unbranched alkanes of at least 4 members (excludes halogenated alkanes) is 2. The molecule has 1 amide bonds. The molecule has 0 aliphatic rings. The Balaban J connectivity index is 0.00000370. The van der Waals surface area contributed by atoms with Crippen molar-refractivity contribution in [2.45, 2.75) is 32.2 Å². The predicted octanol–water partition coefficient (Wildman–Crippen LogP) is 6.87. The molecule has 4 N–H and O–H groups in total. The van der Waals surface area contributed by atoms with Gasteiger partial charge in [0.15, 0.2) is 0 Å². The van der Waals surface area contributed by atoms with Crippen LogP contribution in [0.15, 0.2) is 91.0 Å². The minimum atomic E-state index is -0.522. The lowest BCUT2D eigenvalue weighted by atomic mass is 10.0. The number of carbonyl (C=O) groups is 2. The van der Waals surface area contributed by atoms with Crippen molar-refractivity contribution >= 4 is 46.3 Å². The average Bonchev–Trinajstić information content (AvgIpc) is 3.57. The summed E-state index contributed by atoms with van der Waals surface area (Å²) in [6, 6.07) is 29.8. The van der Waals surface area contributed by atoms with E-state index in [4.69, 9.17) is 10.9 Å². The van der Waals surface area contributed by atoms with Crippen LogP contribution in [0.3, 0.4) is 0 Å². The summed E-state index contributed by atoms with van der Waals surface area (Å²) in [5.41, 5.74) is 12.9. The van der Waals surface area contributed by atoms with Crippen LogP contribution in [0, 0.1) is 0 Å². The third-order valence-corrected chi connectivity index (χ3v) is 8.09. The van der Waals surface area contributed by atoms with Crippen molar-refractivity contribution in [1.29, 1.82) is 0 Å². The number of benzene rings is 3. The fourth-order valence-corrected chi connectivity index (χ4v) is 6.08. The number of nitrogens with two attached hydrogens (primary N) is 1. The summed E-state index contributed by atoms with van der Waals surface area (Å²) in [4.78, 5) is 27.2. The molecule has 5 rings (SSSR count). The van der Waals surface area contributed by atoms with E-state index in [1.807, 2.05) is 66.7 Å². The number of ketones is 1. The molecule has 2 aromatic heterocycles. The zero-order valence-electron chi connectivity index (χ0n) is 22.0. The van der Waals surface area contributed by atoms with Gasteiger partial charge >= 0.3 is 0 Å². The quantitative estimate of drug-likeness (QED) is 0.0695. The molecular formula is C32H32ClN3O3S. The lowest BCUT2D eigenvalue weighted by Gasteiger charge is -2.11. The summed E-state index contributed by atoms with van der Waals surface area (Å²) in [5.74, 6) is -0.613. The molecule has 0 atom stereocenters. The maximum Gasteiger partial charge on any atom is 0.247 e. The zero-order chi connectivity index (χ0) is 27.2. The molecule has 0 unspecified atom stereocenters. The predicted molar refractivity (Wildman–Crippen MR) is 164 cm³/mol. The normalized spacial score (nSPS) is 10.8. The SMILES string of the molecule is Cl.NCCCCCn1c(-c2ccccc2)cc2ccc(C(=O)c3cc(CC(=O)NO)c(-c4ccccc4)s3)cc21. The number of halogens is 1. The van der Waals surface area contributed by atoms with Crippen LogP contribution in [-0.2, 0) is 17.8 Å².